The van der Waals surface area contributed by atoms with Crippen molar-refractivity contribution < 1.29 is 33.3 Å². The maximum Gasteiger partial charge on any atom is 0.295 e. The van der Waals surface area contributed by atoms with Crippen molar-refractivity contribution in [2.24, 2.45) is 0 Å². The quantitative estimate of drug-likeness (QED) is 0.349. The van der Waals surface area contributed by atoms with Crippen molar-refractivity contribution in [1.29, 1.82) is 0 Å². The zero-order valence-electron chi connectivity index (χ0n) is 20.0. The van der Waals surface area contributed by atoms with Crippen molar-refractivity contribution in [3.05, 3.63) is 58.9 Å². The van der Waals surface area contributed by atoms with Gasteiger partial charge in [0.05, 0.1) is 38.5 Å². The molecule has 0 aliphatic carbocycles. The predicted octanol–water partition coefficient (Wildman–Crippen LogP) is 3.37. The number of carbonyl (C=O) groups is 2. The number of rotatable bonds is 8. The van der Waals surface area contributed by atoms with Gasteiger partial charge in [-0.05, 0) is 61.8 Å². The lowest BCUT2D eigenvalue weighted by molar-refractivity contribution is -0.140. The fourth-order valence-electron chi connectivity index (χ4n) is 4.75. The molecule has 1 atom stereocenters. The van der Waals surface area contributed by atoms with Crippen LogP contribution in [0.15, 0.2) is 42.0 Å². The second-order valence-corrected chi connectivity index (χ2v) is 8.50. The van der Waals surface area contributed by atoms with Gasteiger partial charge in [-0.1, -0.05) is 6.07 Å². The average Bonchev–Trinajstić information content (AvgIpc) is 3.48. The number of carbonyl (C=O) groups excluding carboxylic acids is 2. The van der Waals surface area contributed by atoms with Crippen LogP contribution in [0.25, 0.3) is 5.76 Å². The van der Waals surface area contributed by atoms with Crippen LogP contribution in [0.5, 0.6) is 17.2 Å². The molecule has 9 heteroatoms. The Hall–Kier alpha value is -3.59. The molecule has 8 nitrogen and oxygen atoms in total. The summed E-state index contributed by atoms with van der Waals surface area (Å²) >= 11 is 0. The molecular weight excluding hydrogens is 455 g/mol. The van der Waals surface area contributed by atoms with Gasteiger partial charge in [-0.2, -0.15) is 0 Å². The fourth-order valence-corrected chi connectivity index (χ4v) is 4.75. The summed E-state index contributed by atoms with van der Waals surface area (Å²) in [4.78, 5) is 30.1. The molecule has 4 rings (SSSR count). The maximum atomic E-state index is 14.1. The molecule has 1 amide bonds. The highest BCUT2D eigenvalue weighted by atomic mass is 19.1. The summed E-state index contributed by atoms with van der Waals surface area (Å²) in [6.07, 6.45) is 2.19. The molecular formula is C26H29FN2O6. The smallest absolute Gasteiger partial charge is 0.295 e. The highest BCUT2D eigenvalue weighted by Gasteiger charge is 2.46. The molecule has 0 aromatic heterocycles. The summed E-state index contributed by atoms with van der Waals surface area (Å²) in [5, 5.41) is 11.3. The van der Waals surface area contributed by atoms with Crippen molar-refractivity contribution in [3.63, 3.8) is 0 Å². The number of amides is 1. The normalized spacial score (nSPS) is 19.9. The van der Waals surface area contributed by atoms with Crippen molar-refractivity contribution in [3.8, 4) is 17.2 Å². The number of methoxy groups -OCH3 is 3. The standard InChI is InChI=1S/C26H29FN2O6/c1-33-19-9-7-17(27)15-18(19)24(30)22-23(16-6-8-20(34-2)21(14-16)35-3)29(26(32)25(22)31)13-12-28-10-4-5-11-28/h6-9,14-15,23,30H,4-5,10-13H2,1-3H3/b24-22+. The van der Waals surface area contributed by atoms with Crippen molar-refractivity contribution in [1.82, 2.24) is 9.80 Å². The average molecular weight is 485 g/mol. The molecule has 0 radical (unpaired) electrons. The van der Waals surface area contributed by atoms with Crippen LogP contribution in [0, 0.1) is 5.82 Å². The number of nitrogens with zero attached hydrogens (tertiary/aromatic N) is 2. The fraction of sp³-hybridized carbons (Fsp3) is 0.385. The third kappa shape index (κ3) is 4.68. The molecule has 2 aromatic carbocycles. The molecule has 2 saturated heterocycles. The minimum Gasteiger partial charge on any atom is -0.507 e. The van der Waals surface area contributed by atoms with Crippen LogP contribution in [0.2, 0.25) is 0 Å². The lowest BCUT2D eigenvalue weighted by Gasteiger charge is -2.28. The second-order valence-electron chi connectivity index (χ2n) is 8.50. The maximum absolute atomic E-state index is 14.1. The number of Topliss-reactive ketones (excluding diaryl/α,β-unsaturated/α-hetero) is 1. The molecule has 1 unspecified atom stereocenters. The largest absolute Gasteiger partial charge is 0.507 e. The minimum atomic E-state index is -0.898. The zero-order chi connectivity index (χ0) is 25.1. The number of hydrogen-bond acceptors (Lipinski definition) is 7. The van der Waals surface area contributed by atoms with Gasteiger partial charge in [-0.15, -0.1) is 0 Å². The molecule has 2 fully saturated rings. The summed E-state index contributed by atoms with van der Waals surface area (Å²) in [5.74, 6) is -1.59. The number of aliphatic hydroxyl groups excluding tert-OH is 1. The number of aliphatic hydroxyl groups is 1. The van der Waals surface area contributed by atoms with Crippen LogP contribution in [0.3, 0.4) is 0 Å². The first-order valence-electron chi connectivity index (χ1n) is 11.5. The molecule has 0 saturated carbocycles. The first-order valence-corrected chi connectivity index (χ1v) is 11.5. The Morgan fingerprint density at radius 3 is 2.26 bits per heavy atom. The van der Waals surface area contributed by atoms with E-state index in [0.29, 0.717) is 30.2 Å². The first kappa shape index (κ1) is 24.5. The Morgan fingerprint density at radius 1 is 0.943 bits per heavy atom. The number of likely N-dealkylation sites (tertiary alicyclic amines) is 2. The van der Waals surface area contributed by atoms with Crippen LogP contribution in [0.1, 0.15) is 30.0 Å². The van der Waals surface area contributed by atoms with Crippen molar-refractivity contribution in [2.75, 3.05) is 47.5 Å². The summed E-state index contributed by atoms with van der Waals surface area (Å²) in [6, 6.07) is 7.81. The van der Waals surface area contributed by atoms with Crippen LogP contribution in [-0.2, 0) is 9.59 Å². The molecule has 1 N–H and O–H groups in total. The van der Waals surface area contributed by atoms with E-state index in [2.05, 4.69) is 4.90 Å². The van der Waals surface area contributed by atoms with Gasteiger partial charge >= 0.3 is 0 Å². The van der Waals surface area contributed by atoms with Gasteiger partial charge in [0.15, 0.2) is 11.5 Å². The summed E-state index contributed by atoms with van der Waals surface area (Å²) in [6.45, 7) is 2.76. The van der Waals surface area contributed by atoms with Crippen LogP contribution in [-0.4, -0.2) is 74.1 Å². The van der Waals surface area contributed by atoms with Crippen LogP contribution in [0.4, 0.5) is 4.39 Å². The highest BCUT2D eigenvalue weighted by Crippen LogP contribution is 2.43. The van der Waals surface area contributed by atoms with Gasteiger partial charge in [0, 0.05) is 13.1 Å². The van der Waals surface area contributed by atoms with E-state index in [4.69, 9.17) is 14.2 Å². The summed E-state index contributed by atoms with van der Waals surface area (Å²) < 4.78 is 30.1. The Kier molecular flexibility index (Phi) is 7.25. The molecule has 186 valence electrons. The Morgan fingerprint density at radius 2 is 1.60 bits per heavy atom. The van der Waals surface area contributed by atoms with Crippen molar-refractivity contribution >= 4 is 17.4 Å². The number of ether oxygens (including phenoxy) is 3. The summed E-state index contributed by atoms with van der Waals surface area (Å²) in [5.41, 5.74) is 0.420. The molecule has 2 heterocycles. The second kappa shape index (κ2) is 10.4. The molecule has 2 aromatic rings. The van der Waals surface area contributed by atoms with E-state index in [1.54, 1.807) is 18.2 Å². The van der Waals surface area contributed by atoms with E-state index in [1.165, 1.54) is 38.4 Å². The molecule has 2 aliphatic rings. The third-order valence-corrected chi connectivity index (χ3v) is 6.54. The Labute approximate surface area is 203 Å². The first-order chi connectivity index (χ1) is 16.9. The Balaban J connectivity index is 1.85. The number of hydrogen-bond donors (Lipinski definition) is 1. The zero-order valence-corrected chi connectivity index (χ0v) is 20.0. The van der Waals surface area contributed by atoms with Gasteiger partial charge in [0.2, 0.25) is 0 Å². The van der Waals surface area contributed by atoms with Gasteiger partial charge < -0.3 is 29.1 Å². The van der Waals surface area contributed by atoms with E-state index < -0.39 is 29.3 Å². The van der Waals surface area contributed by atoms with Crippen LogP contribution < -0.4 is 14.2 Å². The topological polar surface area (TPSA) is 88.5 Å². The van der Waals surface area contributed by atoms with E-state index >= 15 is 0 Å². The van der Waals surface area contributed by atoms with Crippen molar-refractivity contribution in [2.45, 2.75) is 18.9 Å². The van der Waals surface area contributed by atoms with Gasteiger partial charge in [-0.3, -0.25) is 9.59 Å². The lowest BCUT2D eigenvalue weighted by Crippen LogP contribution is -2.37. The van der Waals surface area contributed by atoms with E-state index in [1.807, 2.05) is 0 Å². The van der Waals surface area contributed by atoms with E-state index in [0.717, 1.165) is 32.0 Å². The monoisotopic (exact) mass is 484 g/mol. The minimum absolute atomic E-state index is 0.00415. The van der Waals surface area contributed by atoms with E-state index in [-0.39, 0.29) is 16.9 Å². The van der Waals surface area contributed by atoms with Gasteiger partial charge in [0.25, 0.3) is 11.7 Å². The van der Waals surface area contributed by atoms with E-state index in [9.17, 15) is 19.1 Å². The lowest BCUT2D eigenvalue weighted by atomic mass is 9.94. The third-order valence-electron chi connectivity index (χ3n) is 6.54. The number of ketones is 1. The molecule has 35 heavy (non-hydrogen) atoms. The molecule has 0 bridgehead atoms. The van der Waals surface area contributed by atoms with Gasteiger partial charge in [0.1, 0.15) is 17.3 Å². The Bertz CT molecular complexity index is 1160. The number of halogens is 1. The van der Waals surface area contributed by atoms with Gasteiger partial charge in [-0.25, -0.2) is 4.39 Å². The molecule has 2 aliphatic heterocycles. The number of benzene rings is 2. The summed E-state index contributed by atoms with van der Waals surface area (Å²) in [7, 11) is 4.38. The highest BCUT2D eigenvalue weighted by molar-refractivity contribution is 6.46. The predicted molar refractivity (Wildman–Crippen MR) is 127 cm³/mol. The SMILES string of the molecule is COc1ccc(C2/C(=C(\O)c3cc(F)ccc3OC)C(=O)C(=O)N2CCN2CCCC2)cc1OC. The van der Waals surface area contributed by atoms with Crippen LogP contribution >= 0.6 is 0 Å². The molecule has 0 spiro atoms.